The van der Waals surface area contributed by atoms with Crippen LogP contribution in [0.15, 0.2) is 60.7 Å². The van der Waals surface area contributed by atoms with Crippen LogP contribution < -0.4 is 10.6 Å². The SMILES string of the molecule is C#CN(C(=O)C(CO)NC(=O)OC(C)(C)C)C(C(=O)Nc1ccc2ccccc2c1)c1ccc(C)cc1C. The zero-order chi connectivity index (χ0) is 28.0. The number of aryl methyl sites for hydroxylation is 2. The van der Waals surface area contributed by atoms with Crippen LogP contribution in [-0.4, -0.2) is 46.2 Å². The Morgan fingerprint density at radius 2 is 1.71 bits per heavy atom. The lowest BCUT2D eigenvalue weighted by Crippen LogP contribution is -2.52. The highest BCUT2D eigenvalue weighted by molar-refractivity contribution is 6.01. The minimum Gasteiger partial charge on any atom is -0.444 e. The van der Waals surface area contributed by atoms with E-state index in [9.17, 15) is 19.5 Å². The van der Waals surface area contributed by atoms with Gasteiger partial charge in [0.05, 0.1) is 6.61 Å². The van der Waals surface area contributed by atoms with Crippen molar-refractivity contribution in [1.82, 2.24) is 10.2 Å². The van der Waals surface area contributed by atoms with Crippen molar-refractivity contribution in [1.29, 1.82) is 0 Å². The summed E-state index contributed by atoms with van der Waals surface area (Å²) in [4.78, 5) is 40.4. The Labute approximate surface area is 223 Å². The zero-order valence-corrected chi connectivity index (χ0v) is 22.2. The molecule has 0 aromatic heterocycles. The Bertz CT molecular complexity index is 1390. The van der Waals surface area contributed by atoms with Crippen LogP contribution in [0, 0.1) is 26.3 Å². The van der Waals surface area contributed by atoms with Crippen molar-refractivity contribution in [3.05, 3.63) is 77.4 Å². The third-order valence-corrected chi connectivity index (χ3v) is 5.79. The van der Waals surface area contributed by atoms with Gasteiger partial charge in [-0.1, -0.05) is 60.5 Å². The monoisotopic (exact) mass is 515 g/mol. The molecule has 38 heavy (non-hydrogen) atoms. The van der Waals surface area contributed by atoms with Crippen molar-refractivity contribution in [2.24, 2.45) is 0 Å². The number of carbonyl (C=O) groups is 3. The van der Waals surface area contributed by atoms with E-state index >= 15 is 0 Å². The first-order valence-corrected chi connectivity index (χ1v) is 12.2. The number of terminal acetylenes is 1. The molecule has 0 saturated carbocycles. The summed E-state index contributed by atoms with van der Waals surface area (Å²) in [6.07, 6.45) is 4.87. The van der Waals surface area contributed by atoms with Crippen molar-refractivity contribution < 1.29 is 24.2 Å². The van der Waals surface area contributed by atoms with E-state index in [0.717, 1.165) is 26.8 Å². The third-order valence-electron chi connectivity index (χ3n) is 5.79. The number of fused-ring (bicyclic) bond motifs is 1. The molecule has 0 heterocycles. The van der Waals surface area contributed by atoms with Crippen molar-refractivity contribution in [2.75, 3.05) is 11.9 Å². The molecular weight excluding hydrogens is 482 g/mol. The van der Waals surface area contributed by atoms with Gasteiger partial charge in [0.2, 0.25) is 0 Å². The van der Waals surface area contributed by atoms with Crippen LogP contribution >= 0.6 is 0 Å². The molecule has 8 heteroatoms. The summed E-state index contributed by atoms with van der Waals surface area (Å²) < 4.78 is 5.21. The fourth-order valence-corrected chi connectivity index (χ4v) is 4.08. The maximum atomic E-state index is 13.7. The first-order chi connectivity index (χ1) is 17.9. The summed E-state index contributed by atoms with van der Waals surface area (Å²) in [5.74, 6) is -1.38. The van der Waals surface area contributed by atoms with Crippen molar-refractivity contribution in [3.8, 4) is 12.5 Å². The summed E-state index contributed by atoms with van der Waals surface area (Å²) in [6, 6.07) is 18.3. The predicted molar refractivity (Wildman–Crippen MR) is 147 cm³/mol. The zero-order valence-electron chi connectivity index (χ0n) is 22.2. The van der Waals surface area contributed by atoms with Gasteiger partial charge in [-0.25, -0.2) is 4.79 Å². The number of hydrogen-bond acceptors (Lipinski definition) is 5. The number of carbonyl (C=O) groups excluding carboxylic acids is 3. The average molecular weight is 516 g/mol. The molecule has 2 atom stereocenters. The molecule has 0 aliphatic rings. The van der Waals surface area contributed by atoms with Gasteiger partial charge in [0.15, 0.2) is 0 Å². The Morgan fingerprint density at radius 3 is 2.32 bits per heavy atom. The molecule has 3 aromatic carbocycles. The molecule has 3 rings (SSSR count). The molecule has 0 saturated heterocycles. The van der Waals surface area contributed by atoms with E-state index in [-0.39, 0.29) is 0 Å². The second-order valence-electron chi connectivity index (χ2n) is 10.0. The number of alkyl carbamates (subject to hydrolysis) is 1. The van der Waals surface area contributed by atoms with Gasteiger partial charge in [0.25, 0.3) is 11.8 Å². The molecule has 198 valence electrons. The van der Waals surface area contributed by atoms with Gasteiger partial charge in [0, 0.05) is 11.7 Å². The number of nitrogens with one attached hydrogen (secondary N) is 2. The first-order valence-electron chi connectivity index (χ1n) is 12.2. The maximum Gasteiger partial charge on any atom is 0.408 e. The molecular formula is C30H33N3O5. The minimum atomic E-state index is -1.43. The normalized spacial score (nSPS) is 12.7. The number of hydrogen-bond donors (Lipinski definition) is 3. The highest BCUT2D eigenvalue weighted by atomic mass is 16.6. The van der Waals surface area contributed by atoms with Gasteiger partial charge in [0.1, 0.15) is 17.7 Å². The Morgan fingerprint density at radius 1 is 1.03 bits per heavy atom. The summed E-state index contributed by atoms with van der Waals surface area (Å²) in [5.41, 5.74) is 1.93. The summed E-state index contributed by atoms with van der Waals surface area (Å²) in [7, 11) is 0. The minimum absolute atomic E-state index is 0.508. The molecule has 0 bridgehead atoms. The van der Waals surface area contributed by atoms with E-state index in [1.807, 2.05) is 62.4 Å². The number of aliphatic hydroxyl groups excluding tert-OH is 1. The largest absolute Gasteiger partial charge is 0.444 e. The Balaban J connectivity index is 1.97. The van der Waals surface area contributed by atoms with Crippen LogP contribution in [0.2, 0.25) is 0 Å². The van der Waals surface area contributed by atoms with Gasteiger partial charge in [-0.3, -0.25) is 14.5 Å². The van der Waals surface area contributed by atoms with Crippen molar-refractivity contribution in [3.63, 3.8) is 0 Å². The first kappa shape index (κ1) is 28.2. The second-order valence-corrected chi connectivity index (χ2v) is 10.0. The number of ether oxygens (including phenoxy) is 1. The van der Waals surface area contributed by atoms with Crippen LogP contribution in [0.4, 0.5) is 10.5 Å². The van der Waals surface area contributed by atoms with Crippen molar-refractivity contribution >= 4 is 34.4 Å². The van der Waals surface area contributed by atoms with Gasteiger partial charge < -0.3 is 20.5 Å². The van der Waals surface area contributed by atoms with E-state index in [0.29, 0.717) is 11.3 Å². The molecule has 8 nitrogen and oxygen atoms in total. The molecule has 0 fully saturated rings. The van der Waals surface area contributed by atoms with Crippen LogP contribution in [0.1, 0.15) is 43.5 Å². The van der Waals surface area contributed by atoms with Gasteiger partial charge in [-0.05, 0) is 68.7 Å². The topological polar surface area (TPSA) is 108 Å². The van der Waals surface area contributed by atoms with E-state index < -0.39 is 42.2 Å². The van der Waals surface area contributed by atoms with Crippen molar-refractivity contribution in [2.45, 2.75) is 52.3 Å². The number of anilines is 1. The smallest absolute Gasteiger partial charge is 0.408 e. The fourth-order valence-electron chi connectivity index (χ4n) is 4.08. The van der Waals surface area contributed by atoms with E-state index in [4.69, 9.17) is 11.2 Å². The molecule has 3 N–H and O–H groups in total. The number of amides is 3. The molecule has 0 radical (unpaired) electrons. The summed E-state index contributed by atoms with van der Waals surface area (Å²) in [5, 5.41) is 17.1. The van der Waals surface area contributed by atoms with Crippen LogP contribution in [0.5, 0.6) is 0 Å². The molecule has 3 aromatic rings. The Kier molecular flexibility index (Phi) is 8.76. The number of aliphatic hydroxyl groups is 1. The molecule has 3 amide bonds. The molecule has 0 aliphatic carbocycles. The van der Waals surface area contributed by atoms with E-state index in [2.05, 4.69) is 16.7 Å². The predicted octanol–water partition coefficient (Wildman–Crippen LogP) is 4.44. The number of rotatable bonds is 7. The molecule has 0 spiro atoms. The Hall–Kier alpha value is -4.35. The van der Waals surface area contributed by atoms with Gasteiger partial charge in [-0.2, -0.15) is 0 Å². The number of nitrogens with zero attached hydrogens (tertiary/aromatic N) is 1. The summed E-state index contributed by atoms with van der Waals surface area (Å²) in [6.45, 7) is 8.00. The average Bonchev–Trinajstić information content (AvgIpc) is 2.84. The quantitative estimate of drug-likeness (QED) is 0.319. The fraction of sp³-hybridized carbons (Fsp3) is 0.300. The van der Waals surface area contributed by atoms with Gasteiger partial charge >= 0.3 is 6.09 Å². The maximum absolute atomic E-state index is 13.7. The van der Waals surface area contributed by atoms with E-state index in [1.165, 1.54) is 0 Å². The summed E-state index contributed by atoms with van der Waals surface area (Å²) >= 11 is 0. The second kappa shape index (κ2) is 11.8. The highest BCUT2D eigenvalue weighted by Crippen LogP contribution is 2.28. The van der Waals surface area contributed by atoms with Crippen LogP contribution in [0.25, 0.3) is 10.8 Å². The molecule has 2 unspecified atom stereocenters. The van der Waals surface area contributed by atoms with E-state index in [1.54, 1.807) is 32.9 Å². The number of benzene rings is 3. The van der Waals surface area contributed by atoms with Crippen LogP contribution in [0.3, 0.4) is 0 Å². The highest BCUT2D eigenvalue weighted by Gasteiger charge is 2.36. The van der Waals surface area contributed by atoms with Gasteiger partial charge in [-0.15, -0.1) is 0 Å². The van der Waals surface area contributed by atoms with Crippen LogP contribution in [-0.2, 0) is 14.3 Å². The molecule has 0 aliphatic heterocycles. The standard InChI is InChI=1S/C30H33N3O5/c1-7-33(28(36)25(18-34)32-29(37)38-30(4,5)6)26(24-15-12-19(2)16-20(24)3)27(35)31-23-14-13-21-10-8-9-11-22(21)17-23/h1,8-17,25-26,34H,18H2,2-6H3,(H,31,35)(H,32,37). The lowest BCUT2D eigenvalue weighted by molar-refractivity contribution is -0.137. The lowest BCUT2D eigenvalue weighted by atomic mass is 9.96. The third kappa shape index (κ3) is 6.90. The lowest BCUT2D eigenvalue weighted by Gasteiger charge is -2.30.